The SMILES string of the molecule is CCOc1ccn(-c2ccc(F)cc2)c(=O)c1C(=O)Nc1cc(F)c(Oc2ccnc(-c3cn[nH]c3)c2)cc1F.Cl. The molecule has 0 atom stereocenters. The Morgan fingerprint density at radius 2 is 1.80 bits per heavy atom. The Labute approximate surface area is 237 Å². The molecule has 41 heavy (non-hydrogen) atoms. The monoisotopic (exact) mass is 583 g/mol. The van der Waals surface area contributed by atoms with Crippen LogP contribution >= 0.6 is 12.4 Å². The van der Waals surface area contributed by atoms with Crippen molar-refractivity contribution in [1.29, 1.82) is 0 Å². The first-order valence-corrected chi connectivity index (χ1v) is 11.9. The van der Waals surface area contributed by atoms with Crippen molar-refractivity contribution in [2.45, 2.75) is 6.92 Å². The third-order valence-corrected chi connectivity index (χ3v) is 5.71. The fourth-order valence-corrected chi connectivity index (χ4v) is 3.85. The van der Waals surface area contributed by atoms with Crippen LogP contribution in [0.1, 0.15) is 17.3 Å². The third kappa shape index (κ3) is 6.23. The van der Waals surface area contributed by atoms with E-state index in [0.717, 1.165) is 28.8 Å². The van der Waals surface area contributed by atoms with E-state index in [1.54, 1.807) is 19.3 Å². The number of nitrogens with zero attached hydrogens (tertiary/aromatic N) is 3. The molecule has 0 aliphatic heterocycles. The van der Waals surface area contributed by atoms with Gasteiger partial charge in [-0.2, -0.15) is 5.10 Å². The summed E-state index contributed by atoms with van der Waals surface area (Å²) in [5.41, 5.74) is -0.326. The van der Waals surface area contributed by atoms with Crippen LogP contribution in [0.25, 0.3) is 16.9 Å². The summed E-state index contributed by atoms with van der Waals surface area (Å²) in [6.45, 7) is 1.79. The maximum absolute atomic E-state index is 15.0. The van der Waals surface area contributed by atoms with Gasteiger partial charge in [-0.1, -0.05) is 0 Å². The van der Waals surface area contributed by atoms with E-state index in [9.17, 15) is 18.4 Å². The molecular weight excluding hydrogens is 563 g/mol. The summed E-state index contributed by atoms with van der Waals surface area (Å²) >= 11 is 0. The predicted octanol–water partition coefficient (Wildman–Crippen LogP) is 5.91. The second-order valence-electron chi connectivity index (χ2n) is 8.32. The van der Waals surface area contributed by atoms with Crippen molar-refractivity contribution in [2.24, 2.45) is 0 Å². The highest BCUT2D eigenvalue weighted by Gasteiger charge is 2.22. The predicted molar refractivity (Wildman–Crippen MR) is 147 cm³/mol. The van der Waals surface area contributed by atoms with Gasteiger partial charge in [-0.3, -0.25) is 24.2 Å². The van der Waals surface area contributed by atoms with Crippen molar-refractivity contribution in [1.82, 2.24) is 19.7 Å². The molecule has 0 aliphatic rings. The lowest BCUT2D eigenvalue weighted by molar-refractivity contribution is 0.102. The summed E-state index contributed by atoms with van der Waals surface area (Å²) in [6.07, 6.45) is 5.96. The number of hydrogen-bond donors (Lipinski definition) is 2. The van der Waals surface area contributed by atoms with Crippen LogP contribution < -0.4 is 20.3 Å². The van der Waals surface area contributed by atoms with Gasteiger partial charge < -0.3 is 14.8 Å². The van der Waals surface area contributed by atoms with Crippen molar-refractivity contribution >= 4 is 24.0 Å². The van der Waals surface area contributed by atoms with Crippen LogP contribution in [0.3, 0.4) is 0 Å². The van der Waals surface area contributed by atoms with Crippen molar-refractivity contribution in [2.75, 3.05) is 11.9 Å². The topological polar surface area (TPSA) is 111 Å². The van der Waals surface area contributed by atoms with Crippen LogP contribution in [-0.2, 0) is 0 Å². The van der Waals surface area contributed by atoms with Gasteiger partial charge in [0.2, 0.25) is 0 Å². The molecule has 5 aromatic rings. The van der Waals surface area contributed by atoms with Crippen LogP contribution in [0.5, 0.6) is 17.2 Å². The van der Waals surface area contributed by atoms with Gasteiger partial charge in [-0.15, -0.1) is 12.4 Å². The number of carbonyl (C=O) groups excluding carboxylic acids is 1. The minimum atomic E-state index is -1.03. The van der Waals surface area contributed by atoms with Crippen LogP contribution in [-0.4, -0.2) is 32.3 Å². The lowest BCUT2D eigenvalue weighted by Gasteiger charge is -2.14. The molecule has 3 heterocycles. The molecule has 0 saturated carbocycles. The number of H-pyrrole nitrogens is 1. The Morgan fingerprint density at radius 3 is 2.51 bits per heavy atom. The summed E-state index contributed by atoms with van der Waals surface area (Å²) in [4.78, 5) is 30.6. The first-order valence-electron chi connectivity index (χ1n) is 11.9. The number of nitrogens with one attached hydrogen (secondary N) is 2. The molecule has 0 saturated heterocycles. The maximum Gasteiger partial charge on any atom is 0.271 e. The minimum Gasteiger partial charge on any atom is -0.493 e. The Balaban J connectivity index is 0.00000387. The average molecular weight is 584 g/mol. The highest BCUT2D eigenvalue weighted by Crippen LogP contribution is 2.31. The van der Waals surface area contributed by atoms with Crippen LogP contribution in [0.2, 0.25) is 0 Å². The molecule has 13 heteroatoms. The fourth-order valence-electron chi connectivity index (χ4n) is 3.85. The number of rotatable bonds is 8. The molecule has 0 bridgehead atoms. The van der Waals surface area contributed by atoms with Crippen molar-refractivity contribution < 1.29 is 27.4 Å². The molecule has 5 rings (SSSR count). The number of ether oxygens (including phenoxy) is 2. The standard InChI is InChI=1S/C28H20F3N5O4.ClH/c1-2-39-24-8-10-36(18-5-3-17(29)4-6-18)28(38)26(24)27(37)35-23-12-21(31)25(13-20(23)30)40-19-7-9-32-22(11-19)16-14-33-34-15-16;/h3-15H,2H2,1H3,(H,33,34)(H,35,37);1H. The van der Waals surface area contributed by atoms with E-state index < -0.39 is 45.9 Å². The molecule has 0 aliphatic carbocycles. The van der Waals surface area contributed by atoms with Gasteiger partial charge >= 0.3 is 0 Å². The molecule has 0 fully saturated rings. The first kappa shape index (κ1) is 28.9. The zero-order valence-corrected chi connectivity index (χ0v) is 22.0. The summed E-state index contributed by atoms with van der Waals surface area (Å²) in [5.74, 6) is -3.83. The van der Waals surface area contributed by atoms with Crippen molar-refractivity contribution in [3.8, 4) is 34.2 Å². The Morgan fingerprint density at radius 1 is 1.02 bits per heavy atom. The van der Waals surface area contributed by atoms with E-state index in [0.29, 0.717) is 11.3 Å². The van der Waals surface area contributed by atoms with Crippen LogP contribution in [0.4, 0.5) is 18.9 Å². The van der Waals surface area contributed by atoms with Crippen molar-refractivity contribution in [3.63, 3.8) is 0 Å². The summed E-state index contributed by atoms with van der Waals surface area (Å²) in [7, 11) is 0. The van der Waals surface area contributed by atoms with Gasteiger partial charge in [-0.05, 0) is 43.3 Å². The van der Waals surface area contributed by atoms with Crippen molar-refractivity contribution in [3.05, 3.63) is 113 Å². The van der Waals surface area contributed by atoms with Gasteiger partial charge in [0.25, 0.3) is 11.5 Å². The number of halogens is 4. The van der Waals surface area contributed by atoms with Crippen LogP contribution in [0.15, 0.2) is 84.2 Å². The summed E-state index contributed by atoms with van der Waals surface area (Å²) in [5, 5.41) is 8.73. The number of anilines is 1. The smallest absolute Gasteiger partial charge is 0.271 e. The molecule has 9 nitrogen and oxygen atoms in total. The first-order chi connectivity index (χ1) is 19.3. The number of carbonyl (C=O) groups is 1. The van der Waals surface area contributed by atoms with E-state index in [4.69, 9.17) is 9.47 Å². The summed E-state index contributed by atoms with van der Waals surface area (Å²) in [6, 6.07) is 10.9. The van der Waals surface area contributed by atoms with E-state index in [-0.39, 0.29) is 36.2 Å². The molecular formula is C28H21ClF3N5O4. The van der Waals surface area contributed by atoms with E-state index in [1.807, 2.05) is 0 Å². The zero-order valence-electron chi connectivity index (χ0n) is 21.2. The van der Waals surface area contributed by atoms with Gasteiger partial charge in [0.05, 0.1) is 24.2 Å². The number of amides is 1. The molecule has 2 aromatic carbocycles. The van der Waals surface area contributed by atoms with Gasteiger partial charge in [-0.25, -0.2) is 13.2 Å². The molecule has 1 amide bonds. The third-order valence-electron chi connectivity index (χ3n) is 5.71. The van der Waals surface area contributed by atoms with Crippen LogP contribution in [0, 0.1) is 17.5 Å². The summed E-state index contributed by atoms with van der Waals surface area (Å²) < 4.78 is 55.4. The molecule has 2 N–H and O–H groups in total. The molecule has 210 valence electrons. The van der Waals surface area contributed by atoms with E-state index in [2.05, 4.69) is 20.5 Å². The quantitative estimate of drug-likeness (QED) is 0.235. The highest BCUT2D eigenvalue weighted by atomic mass is 35.5. The minimum absolute atomic E-state index is 0. The second kappa shape index (κ2) is 12.4. The lowest BCUT2D eigenvalue weighted by atomic mass is 10.2. The van der Waals surface area contributed by atoms with Gasteiger partial charge in [0, 0.05) is 48.0 Å². The van der Waals surface area contributed by atoms with Gasteiger partial charge in [0.15, 0.2) is 17.4 Å². The lowest BCUT2D eigenvalue weighted by Crippen LogP contribution is -2.29. The van der Waals surface area contributed by atoms with E-state index >= 15 is 4.39 Å². The number of pyridine rings is 2. The molecule has 0 spiro atoms. The zero-order chi connectivity index (χ0) is 28.2. The molecule has 0 radical (unpaired) electrons. The Hall–Kier alpha value is -5.10. The number of hydrogen-bond acceptors (Lipinski definition) is 6. The second-order valence-corrected chi connectivity index (χ2v) is 8.32. The Bertz CT molecular complexity index is 1750. The fraction of sp³-hybridized carbons (Fsp3) is 0.0714. The largest absolute Gasteiger partial charge is 0.493 e. The normalized spacial score (nSPS) is 10.5. The molecule has 0 unspecified atom stereocenters. The highest BCUT2D eigenvalue weighted by molar-refractivity contribution is 6.06. The molecule has 3 aromatic heterocycles. The number of benzene rings is 2. The Kier molecular flexibility index (Phi) is 8.73. The average Bonchev–Trinajstić information content (AvgIpc) is 3.48. The number of aromatic amines is 1. The number of aromatic nitrogens is 4. The van der Waals surface area contributed by atoms with Gasteiger partial charge in [0.1, 0.15) is 22.9 Å². The van der Waals surface area contributed by atoms with E-state index in [1.165, 1.54) is 42.7 Å². The maximum atomic E-state index is 15.0.